The third-order valence-corrected chi connectivity index (χ3v) is 2.56. The van der Waals surface area contributed by atoms with Gasteiger partial charge in [-0.25, -0.2) is 4.68 Å². The smallest absolute Gasteiger partial charge is 0.322 e. The van der Waals surface area contributed by atoms with E-state index in [0.29, 0.717) is 6.54 Å². The Morgan fingerprint density at radius 1 is 1.30 bits per heavy atom. The number of nitrogens with zero attached hydrogens (tertiary/aromatic N) is 3. The number of rotatable bonds is 5. The molecule has 4 N–H and O–H groups in total. The van der Waals surface area contributed by atoms with Crippen LogP contribution in [0.5, 0.6) is 0 Å². The van der Waals surface area contributed by atoms with E-state index in [-0.39, 0.29) is 11.5 Å². The Kier molecular flexibility index (Phi) is 3.94. The van der Waals surface area contributed by atoms with E-state index in [4.69, 9.17) is 10.8 Å². The lowest BCUT2D eigenvalue weighted by Crippen LogP contribution is -2.30. The minimum atomic E-state index is -1.14. The summed E-state index contributed by atoms with van der Waals surface area (Å²) in [6.07, 6.45) is 0. The van der Waals surface area contributed by atoms with Crippen LogP contribution in [0.15, 0.2) is 30.3 Å². The number of carboxylic acid groups (broad SMARTS) is 1. The fourth-order valence-electron chi connectivity index (χ4n) is 1.59. The molecule has 0 aliphatic heterocycles. The number of nitrogens with two attached hydrogens (primary N) is 1. The predicted octanol–water partition coefficient (Wildman–Crippen LogP) is -0.277. The Hall–Kier alpha value is -2.90. The normalized spacial score (nSPS) is 10.2. The van der Waals surface area contributed by atoms with Gasteiger partial charge in [0.2, 0.25) is 0 Å². The first-order chi connectivity index (χ1) is 9.58. The van der Waals surface area contributed by atoms with Crippen molar-refractivity contribution in [1.29, 1.82) is 0 Å². The highest BCUT2D eigenvalue weighted by molar-refractivity contribution is 5.97. The van der Waals surface area contributed by atoms with Crippen LogP contribution in [0.2, 0.25) is 0 Å². The van der Waals surface area contributed by atoms with Gasteiger partial charge in [-0.1, -0.05) is 35.5 Å². The number of aliphatic carboxylic acids is 1. The van der Waals surface area contributed by atoms with Gasteiger partial charge >= 0.3 is 5.97 Å². The van der Waals surface area contributed by atoms with E-state index in [9.17, 15) is 9.59 Å². The van der Waals surface area contributed by atoms with Crippen LogP contribution >= 0.6 is 0 Å². The predicted molar refractivity (Wildman–Crippen MR) is 69.9 cm³/mol. The molecule has 0 atom stereocenters. The first-order valence-corrected chi connectivity index (χ1v) is 5.81. The molecule has 8 nitrogen and oxygen atoms in total. The number of hydrogen-bond acceptors (Lipinski definition) is 5. The van der Waals surface area contributed by atoms with E-state index in [1.54, 1.807) is 0 Å². The number of anilines is 1. The van der Waals surface area contributed by atoms with Crippen LogP contribution in [-0.2, 0) is 11.3 Å². The van der Waals surface area contributed by atoms with Gasteiger partial charge in [-0.05, 0) is 5.56 Å². The zero-order valence-corrected chi connectivity index (χ0v) is 10.5. The van der Waals surface area contributed by atoms with Gasteiger partial charge in [0, 0.05) is 0 Å². The maximum Gasteiger partial charge on any atom is 0.322 e. The van der Waals surface area contributed by atoms with E-state index in [0.717, 1.165) is 5.56 Å². The molecule has 1 heterocycles. The molecule has 0 aliphatic rings. The first kappa shape index (κ1) is 13.5. The number of carbonyl (C=O) groups is 2. The molecule has 0 bridgehead atoms. The molecule has 2 aromatic rings. The quantitative estimate of drug-likeness (QED) is 0.689. The van der Waals surface area contributed by atoms with Gasteiger partial charge in [0.25, 0.3) is 5.91 Å². The minimum absolute atomic E-state index is 0.0813. The second-order valence-corrected chi connectivity index (χ2v) is 4.04. The lowest BCUT2D eigenvalue weighted by atomic mass is 10.2. The Balaban J connectivity index is 2.11. The number of aromatic nitrogens is 3. The summed E-state index contributed by atoms with van der Waals surface area (Å²) in [5.41, 5.74) is 6.67. The fourth-order valence-corrected chi connectivity index (χ4v) is 1.59. The van der Waals surface area contributed by atoms with Crippen LogP contribution in [0.1, 0.15) is 16.1 Å². The molecular formula is C12H13N5O3. The number of carboxylic acids is 1. The highest BCUT2D eigenvalue weighted by Gasteiger charge is 2.17. The molecular weight excluding hydrogens is 262 g/mol. The Morgan fingerprint density at radius 3 is 2.65 bits per heavy atom. The number of nitrogens with one attached hydrogen (secondary N) is 1. The molecule has 0 fully saturated rings. The van der Waals surface area contributed by atoms with E-state index in [1.165, 1.54) is 4.68 Å². The molecule has 0 saturated heterocycles. The molecule has 1 aromatic carbocycles. The first-order valence-electron chi connectivity index (χ1n) is 5.81. The second kappa shape index (κ2) is 5.83. The number of hydrogen-bond donors (Lipinski definition) is 3. The average Bonchev–Trinajstić information content (AvgIpc) is 2.79. The van der Waals surface area contributed by atoms with Crippen LogP contribution in [0.3, 0.4) is 0 Å². The maximum atomic E-state index is 11.7. The van der Waals surface area contributed by atoms with Crippen molar-refractivity contribution in [2.24, 2.45) is 0 Å². The molecule has 104 valence electrons. The van der Waals surface area contributed by atoms with Crippen LogP contribution < -0.4 is 11.1 Å². The van der Waals surface area contributed by atoms with Crippen molar-refractivity contribution in [1.82, 2.24) is 20.3 Å². The highest BCUT2D eigenvalue weighted by atomic mass is 16.4. The summed E-state index contributed by atoms with van der Waals surface area (Å²) in [5, 5.41) is 18.1. The maximum absolute atomic E-state index is 11.7. The van der Waals surface area contributed by atoms with E-state index >= 15 is 0 Å². The second-order valence-electron chi connectivity index (χ2n) is 4.04. The molecule has 0 radical (unpaired) electrons. The van der Waals surface area contributed by atoms with Gasteiger partial charge in [-0.15, -0.1) is 5.10 Å². The Bertz CT molecular complexity index is 623. The molecule has 0 spiro atoms. The third kappa shape index (κ3) is 3.10. The Labute approximate surface area is 114 Å². The molecule has 8 heteroatoms. The van der Waals surface area contributed by atoms with Crippen molar-refractivity contribution in [3.8, 4) is 0 Å². The monoisotopic (exact) mass is 275 g/mol. The van der Waals surface area contributed by atoms with Crippen molar-refractivity contribution in [2.75, 3.05) is 12.3 Å². The molecule has 0 aliphatic carbocycles. The van der Waals surface area contributed by atoms with E-state index in [2.05, 4.69) is 15.6 Å². The van der Waals surface area contributed by atoms with Crippen molar-refractivity contribution in [3.05, 3.63) is 41.6 Å². The van der Waals surface area contributed by atoms with Gasteiger partial charge < -0.3 is 16.2 Å². The van der Waals surface area contributed by atoms with Crippen molar-refractivity contribution in [2.45, 2.75) is 6.54 Å². The van der Waals surface area contributed by atoms with Crippen LogP contribution in [0.4, 0.5) is 5.82 Å². The van der Waals surface area contributed by atoms with Gasteiger partial charge in [0.1, 0.15) is 6.54 Å². The number of carbonyl (C=O) groups excluding carboxylic acids is 1. The molecule has 1 amide bonds. The zero-order valence-electron chi connectivity index (χ0n) is 10.5. The molecule has 0 saturated carbocycles. The van der Waals surface area contributed by atoms with Crippen LogP contribution in [0.25, 0.3) is 0 Å². The third-order valence-electron chi connectivity index (χ3n) is 2.56. The van der Waals surface area contributed by atoms with Gasteiger partial charge in [0.05, 0.1) is 6.54 Å². The topological polar surface area (TPSA) is 123 Å². The summed E-state index contributed by atoms with van der Waals surface area (Å²) in [6, 6.07) is 9.43. The largest absolute Gasteiger partial charge is 0.480 e. The minimum Gasteiger partial charge on any atom is -0.480 e. The van der Waals surface area contributed by atoms with Crippen molar-refractivity contribution >= 4 is 17.7 Å². The standard InChI is InChI=1S/C12H13N5O3/c13-11-10(12(20)14-6-9(18)19)15-16-17(11)7-8-4-2-1-3-5-8/h1-5H,6-7,13H2,(H,14,20)(H,18,19). The number of amides is 1. The zero-order chi connectivity index (χ0) is 14.5. The average molecular weight is 275 g/mol. The number of benzene rings is 1. The fraction of sp³-hybridized carbons (Fsp3) is 0.167. The summed E-state index contributed by atoms with van der Waals surface area (Å²) in [7, 11) is 0. The molecule has 20 heavy (non-hydrogen) atoms. The van der Waals surface area contributed by atoms with Crippen molar-refractivity contribution in [3.63, 3.8) is 0 Å². The lowest BCUT2D eigenvalue weighted by molar-refractivity contribution is -0.135. The van der Waals surface area contributed by atoms with Gasteiger partial charge in [-0.3, -0.25) is 9.59 Å². The van der Waals surface area contributed by atoms with Gasteiger partial charge in [0.15, 0.2) is 11.5 Å². The molecule has 0 unspecified atom stereocenters. The summed E-state index contributed by atoms with van der Waals surface area (Å²) < 4.78 is 1.38. The van der Waals surface area contributed by atoms with Gasteiger partial charge in [-0.2, -0.15) is 0 Å². The summed E-state index contributed by atoms with van der Waals surface area (Å²) in [6.45, 7) is -0.115. The van der Waals surface area contributed by atoms with Crippen molar-refractivity contribution < 1.29 is 14.7 Å². The SMILES string of the molecule is Nc1c(C(=O)NCC(=O)O)nnn1Cc1ccccc1. The summed E-state index contributed by atoms with van der Waals surface area (Å²) in [5.74, 6) is -1.71. The summed E-state index contributed by atoms with van der Waals surface area (Å²) in [4.78, 5) is 22.0. The van der Waals surface area contributed by atoms with Crippen LogP contribution in [0, 0.1) is 0 Å². The lowest BCUT2D eigenvalue weighted by Gasteiger charge is -2.03. The number of nitrogen functional groups attached to an aromatic ring is 1. The highest BCUT2D eigenvalue weighted by Crippen LogP contribution is 2.10. The molecule has 1 aromatic heterocycles. The summed E-state index contributed by atoms with van der Waals surface area (Å²) >= 11 is 0. The molecule has 2 rings (SSSR count). The van der Waals surface area contributed by atoms with E-state index in [1.807, 2.05) is 30.3 Å². The van der Waals surface area contributed by atoms with Crippen LogP contribution in [-0.4, -0.2) is 38.5 Å². The van der Waals surface area contributed by atoms with E-state index < -0.39 is 18.4 Å². The Morgan fingerprint density at radius 2 is 2.00 bits per heavy atom.